The number of benzene rings is 2. The van der Waals surface area contributed by atoms with Crippen LogP contribution in [0.5, 0.6) is 0 Å². The van der Waals surface area contributed by atoms with Crippen molar-refractivity contribution >= 4 is 28.2 Å². The van der Waals surface area contributed by atoms with Gasteiger partial charge in [-0.1, -0.05) is 36.4 Å². The topological polar surface area (TPSA) is 144 Å². The molecule has 2 fully saturated rings. The zero-order valence-electron chi connectivity index (χ0n) is 17.9. The lowest BCUT2D eigenvalue weighted by Crippen LogP contribution is -2.68. The van der Waals surface area contributed by atoms with Crippen molar-refractivity contribution in [2.24, 2.45) is 0 Å². The van der Waals surface area contributed by atoms with Gasteiger partial charge in [-0.25, -0.2) is 9.59 Å². The molecule has 2 saturated heterocycles. The van der Waals surface area contributed by atoms with Crippen LogP contribution in [-0.4, -0.2) is 63.6 Å². The lowest BCUT2D eigenvalue weighted by molar-refractivity contribution is -0.261. The van der Waals surface area contributed by atoms with Crippen molar-refractivity contribution in [3.05, 3.63) is 71.8 Å². The molecule has 2 aliphatic rings. The molecule has 34 heavy (non-hydrogen) atoms. The summed E-state index contributed by atoms with van der Waals surface area (Å²) in [5, 5.41) is 0. The fraction of sp³-hybridized carbons (Fsp3) is 0.318. The van der Waals surface area contributed by atoms with Crippen molar-refractivity contribution in [1.82, 2.24) is 4.72 Å². The molecule has 11 nitrogen and oxygen atoms in total. The zero-order chi connectivity index (χ0) is 24.3. The van der Waals surface area contributed by atoms with E-state index >= 15 is 0 Å². The Bertz CT molecular complexity index is 1150. The lowest BCUT2D eigenvalue weighted by atomic mass is 9.96. The summed E-state index contributed by atoms with van der Waals surface area (Å²) in [7, 11) is -4.33. The summed E-state index contributed by atoms with van der Waals surface area (Å²) < 4.78 is 53.8. The van der Waals surface area contributed by atoms with E-state index in [0.29, 0.717) is 0 Å². The van der Waals surface area contributed by atoms with Gasteiger partial charge < -0.3 is 18.9 Å². The lowest BCUT2D eigenvalue weighted by Gasteiger charge is -2.45. The van der Waals surface area contributed by atoms with E-state index in [1.807, 2.05) is 0 Å². The van der Waals surface area contributed by atoms with Crippen LogP contribution in [0.4, 0.5) is 0 Å². The quantitative estimate of drug-likeness (QED) is 0.474. The van der Waals surface area contributed by atoms with Crippen LogP contribution in [0.1, 0.15) is 27.6 Å². The highest BCUT2D eigenvalue weighted by Crippen LogP contribution is 2.31. The summed E-state index contributed by atoms with van der Waals surface area (Å²) in [5.41, 5.74) is 0.393. The van der Waals surface area contributed by atoms with Gasteiger partial charge in [0, 0.05) is 6.92 Å². The number of hydrogen-bond acceptors (Lipinski definition) is 10. The molecular weight excluding hydrogens is 470 g/mol. The standard InChI is InChI=1S/C22H21NO10S/c1-13(24)30-22-17-19(33-21(26)15-10-6-3-7-11-15)18(16(31-22)12-29-34(27,28)23-17)32-20(25)14-8-4-2-5-9-14/h2-11,16-19,22-23H,12H2,1H3/t16-,17+,18-,19-,22+/m1/s1. The van der Waals surface area contributed by atoms with E-state index in [1.54, 1.807) is 36.4 Å². The van der Waals surface area contributed by atoms with Gasteiger partial charge in [-0.15, -0.1) is 0 Å². The molecule has 2 bridgehead atoms. The van der Waals surface area contributed by atoms with E-state index in [2.05, 4.69) is 4.72 Å². The monoisotopic (exact) mass is 491 g/mol. The van der Waals surface area contributed by atoms with Crippen LogP contribution in [0.15, 0.2) is 60.7 Å². The molecule has 0 unspecified atom stereocenters. The molecule has 0 amide bonds. The van der Waals surface area contributed by atoms with Crippen molar-refractivity contribution in [2.45, 2.75) is 37.6 Å². The Hall–Kier alpha value is -3.32. The summed E-state index contributed by atoms with van der Waals surface area (Å²) >= 11 is 0. The minimum atomic E-state index is -4.33. The van der Waals surface area contributed by atoms with Crippen LogP contribution in [0.3, 0.4) is 0 Å². The van der Waals surface area contributed by atoms with E-state index in [4.69, 9.17) is 23.1 Å². The Morgan fingerprint density at radius 1 is 0.853 bits per heavy atom. The van der Waals surface area contributed by atoms with Crippen LogP contribution < -0.4 is 4.72 Å². The van der Waals surface area contributed by atoms with Crippen molar-refractivity contribution in [2.75, 3.05) is 6.61 Å². The molecular formula is C22H21NO10S. The smallest absolute Gasteiger partial charge is 0.338 e. The fourth-order valence-electron chi connectivity index (χ4n) is 3.60. The number of hydrogen-bond donors (Lipinski definition) is 1. The molecule has 12 heteroatoms. The predicted molar refractivity (Wildman–Crippen MR) is 114 cm³/mol. The van der Waals surface area contributed by atoms with E-state index in [1.165, 1.54) is 24.3 Å². The van der Waals surface area contributed by atoms with Gasteiger partial charge in [0.15, 0.2) is 12.2 Å². The van der Waals surface area contributed by atoms with Crippen LogP contribution >= 0.6 is 0 Å². The minimum absolute atomic E-state index is 0.178. The zero-order valence-corrected chi connectivity index (χ0v) is 18.7. The molecule has 1 N–H and O–H groups in total. The van der Waals surface area contributed by atoms with Gasteiger partial charge in [0.25, 0.3) is 0 Å². The molecule has 0 radical (unpaired) electrons. The molecule has 180 valence electrons. The van der Waals surface area contributed by atoms with E-state index in [0.717, 1.165) is 6.92 Å². The molecule has 2 aromatic rings. The summed E-state index contributed by atoms with van der Waals surface area (Å²) in [6.07, 6.45) is -5.41. The highest BCUT2D eigenvalue weighted by atomic mass is 32.2. The maximum absolute atomic E-state index is 12.9. The Balaban J connectivity index is 1.70. The highest BCUT2D eigenvalue weighted by Gasteiger charge is 2.55. The maximum atomic E-state index is 12.9. The van der Waals surface area contributed by atoms with Crippen LogP contribution in [0, 0.1) is 0 Å². The Morgan fingerprint density at radius 2 is 1.38 bits per heavy atom. The molecule has 0 spiro atoms. The first kappa shape index (κ1) is 23.8. The Morgan fingerprint density at radius 3 is 1.91 bits per heavy atom. The molecule has 2 heterocycles. The molecule has 4 rings (SSSR count). The first-order valence-corrected chi connectivity index (χ1v) is 11.7. The number of rotatable bonds is 5. The second-order valence-electron chi connectivity index (χ2n) is 7.51. The van der Waals surface area contributed by atoms with Gasteiger partial charge in [-0.3, -0.25) is 8.98 Å². The number of ether oxygens (including phenoxy) is 4. The molecule has 0 saturated carbocycles. The van der Waals surface area contributed by atoms with Gasteiger partial charge in [-0.2, -0.15) is 13.1 Å². The third-order valence-electron chi connectivity index (χ3n) is 5.10. The van der Waals surface area contributed by atoms with E-state index < -0.39 is 65.5 Å². The molecule has 0 aliphatic carbocycles. The normalized spacial score (nSPS) is 27.6. The number of fused-ring (bicyclic) bond motifs is 3. The highest BCUT2D eigenvalue weighted by molar-refractivity contribution is 7.84. The van der Waals surface area contributed by atoms with Gasteiger partial charge in [-0.05, 0) is 24.3 Å². The van der Waals surface area contributed by atoms with Gasteiger partial charge in [0.1, 0.15) is 12.1 Å². The van der Waals surface area contributed by atoms with Crippen LogP contribution in [-0.2, 0) is 38.2 Å². The largest absolute Gasteiger partial charge is 0.453 e. The van der Waals surface area contributed by atoms with Gasteiger partial charge in [0.2, 0.25) is 6.29 Å². The maximum Gasteiger partial charge on any atom is 0.338 e. The number of esters is 3. The van der Waals surface area contributed by atoms with E-state index in [9.17, 15) is 22.8 Å². The summed E-state index contributed by atoms with van der Waals surface area (Å²) in [4.78, 5) is 37.3. The third kappa shape index (κ3) is 5.42. The molecule has 0 aromatic heterocycles. The summed E-state index contributed by atoms with van der Waals surface area (Å²) in [6, 6.07) is 14.5. The van der Waals surface area contributed by atoms with Gasteiger partial charge >= 0.3 is 28.2 Å². The SMILES string of the molecule is CC(=O)O[C@H]1O[C@@H]2COS(=O)(=O)N[C@H]1[C@@H](OC(=O)c1ccccc1)[C@@H]2OC(=O)c1ccccc1. The second-order valence-corrected chi connectivity index (χ2v) is 8.89. The Labute approximate surface area is 195 Å². The molecule has 5 atom stereocenters. The van der Waals surface area contributed by atoms with Gasteiger partial charge in [0.05, 0.1) is 17.7 Å². The van der Waals surface area contributed by atoms with Crippen molar-refractivity contribution in [3.63, 3.8) is 0 Å². The molecule has 2 aromatic carbocycles. The van der Waals surface area contributed by atoms with Crippen molar-refractivity contribution in [1.29, 1.82) is 0 Å². The number of carbonyl (C=O) groups excluding carboxylic acids is 3. The molecule has 2 aliphatic heterocycles. The van der Waals surface area contributed by atoms with Crippen LogP contribution in [0.2, 0.25) is 0 Å². The number of nitrogens with one attached hydrogen (secondary N) is 1. The summed E-state index contributed by atoms with van der Waals surface area (Å²) in [5.74, 6) is -2.32. The van der Waals surface area contributed by atoms with E-state index in [-0.39, 0.29) is 11.1 Å². The first-order chi connectivity index (χ1) is 16.2. The average molecular weight is 491 g/mol. The van der Waals surface area contributed by atoms with Crippen molar-refractivity contribution in [3.8, 4) is 0 Å². The third-order valence-corrected chi connectivity index (χ3v) is 6.11. The Kier molecular flexibility index (Phi) is 6.93. The predicted octanol–water partition coefficient (Wildman–Crippen LogP) is 0.959. The summed E-state index contributed by atoms with van der Waals surface area (Å²) in [6.45, 7) is 0.518. The number of carbonyl (C=O) groups is 3. The minimum Gasteiger partial charge on any atom is -0.453 e. The average Bonchev–Trinajstić information content (AvgIpc) is 2.81. The fourth-order valence-corrected chi connectivity index (χ4v) is 4.56. The van der Waals surface area contributed by atoms with Crippen LogP contribution in [0.25, 0.3) is 0 Å². The van der Waals surface area contributed by atoms with Crippen molar-refractivity contribution < 1.29 is 45.9 Å². The second kappa shape index (κ2) is 9.89. The first-order valence-electron chi connectivity index (χ1n) is 10.2.